The lowest BCUT2D eigenvalue weighted by atomic mass is 9.70. The minimum atomic E-state index is -0.868. The number of carbonyl (C=O) groups excluding carboxylic acids is 1. The highest BCUT2D eigenvalue weighted by atomic mass is 16.8. The third-order valence-electron chi connectivity index (χ3n) is 4.79. The molecule has 2 aliphatic rings. The topological polar surface area (TPSA) is 54.0 Å². The summed E-state index contributed by atoms with van der Waals surface area (Å²) in [4.78, 5) is 12.2. The van der Waals surface area contributed by atoms with Crippen molar-refractivity contribution in [2.75, 3.05) is 6.61 Å². The van der Waals surface area contributed by atoms with Gasteiger partial charge in [0.15, 0.2) is 11.7 Å². The monoisotopic (exact) mass is 352 g/mol. The molecule has 0 aromatic heterocycles. The van der Waals surface area contributed by atoms with Crippen molar-refractivity contribution in [2.24, 2.45) is 5.92 Å². The second kappa shape index (κ2) is 6.84. The Morgan fingerprint density at radius 2 is 1.81 bits per heavy atom. The summed E-state index contributed by atoms with van der Waals surface area (Å²) in [6.07, 6.45) is 1.86. The molecule has 0 saturated carbocycles. The van der Waals surface area contributed by atoms with Crippen LogP contribution in [-0.4, -0.2) is 19.1 Å². The van der Waals surface area contributed by atoms with Crippen LogP contribution in [-0.2, 0) is 24.5 Å². The summed E-state index contributed by atoms with van der Waals surface area (Å²) in [7, 11) is 0. The third-order valence-corrected chi connectivity index (χ3v) is 4.79. The maximum absolute atomic E-state index is 12.2. The van der Waals surface area contributed by atoms with Gasteiger partial charge in [0.2, 0.25) is 6.29 Å². The molecule has 1 fully saturated rings. The van der Waals surface area contributed by atoms with Gasteiger partial charge in [-0.25, -0.2) is 4.79 Å². The Morgan fingerprint density at radius 3 is 2.46 bits per heavy atom. The molecule has 0 aliphatic carbocycles. The van der Waals surface area contributed by atoms with E-state index in [1.165, 1.54) is 0 Å². The van der Waals surface area contributed by atoms with Crippen molar-refractivity contribution in [2.45, 2.75) is 24.9 Å². The molecule has 5 nitrogen and oxygen atoms in total. The smallest absolute Gasteiger partial charge is 0.472 e. The molecule has 2 aromatic rings. The first-order valence-corrected chi connectivity index (χ1v) is 8.69. The van der Waals surface area contributed by atoms with Gasteiger partial charge in [0.25, 0.3) is 0 Å². The van der Waals surface area contributed by atoms with Crippen molar-refractivity contribution in [3.8, 4) is 0 Å². The summed E-state index contributed by atoms with van der Waals surface area (Å²) in [5.74, 6) is -0.0652. The number of rotatable bonds is 5. The molecule has 134 valence electrons. The maximum Gasteiger partial charge on any atom is 0.508 e. The van der Waals surface area contributed by atoms with Gasteiger partial charge in [0, 0.05) is 0 Å². The van der Waals surface area contributed by atoms with Gasteiger partial charge in [-0.1, -0.05) is 60.7 Å². The molecular formula is C21H20O5. The van der Waals surface area contributed by atoms with E-state index in [0.717, 1.165) is 11.1 Å². The van der Waals surface area contributed by atoms with Crippen LogP contribution in [0.25, 0.3) is 0 Å². The predicted molar refractivity (Wildman–Crippen MR) is 94.0 cm³/mol. The van der Waals surface area contributed by atoms with Gasteiger partial charge in [-0.15, -0.1) is 0 Å². The number of carbonyl (C=O) groups is 1. The first-order chi connectivity index (χ1) is 12.8. The van der Waals surface area contributed by atoms with Crippen LogP contribution in [0.15, 0.2) is 73.0 Å². The number of ether oxygens (including phenoxy) is 4. The molecular weight excluding hydrogens is 332 g/mol. The number of fused-ring (bicyclic) bond motifs is 1. The molecule has 2 aromatic carbocycles. The van der Waals surface area contributed by atoms with Crippen LogP contribution < -0.4 is 0 Å². The van der Waals surface area contributed by atoms with Gasteiger partial charge in [-0.05, 0) is 24.1 Å². The molecule has 2 heterocycles. The minimum absolute atomic E-state index is 0.0652. The Kier molecular flexibility index (Phi) is 4.39. The Balaban J connectivity index is 1.80. The van der Waals surface area contributed by atoms with Gasteiger partial charge in [-0.3, -0.25) is 0 Å². The molecule has 1 saturated heterocycles. The normalized spacial score (nSPS) is 27.0. The Bertz CT molecular complexity index is 789. The number of hydrogen-bond donors (Lipinski definition) is 0. The average molecular weight is 352 g/mol. The van der Waals surface area contributed by atoms with E-state index in [4.69, 9.17) is 18.9 Å². The fourth-order valence-electron chi connectivity index (χ4n) is 3.65. The highest BCUT2D eigenvalue weighted by Gasteiger charge is 2.64. The van der Waals surface area contributed by atoms with Crippen molar-refractivity contribution in [3.63, 3.8) is 0 Å². The van der Waals surface area contributed by atoms with E-state index < -0.39 is 17.9 Å². The van der Waals surface area contributed by atoms with E-state index in [9.17, 15) is 4.79 Å². The summed E-state index contributed by atoms with van der Waals surface area (Å²) in [6.45, 7) is 1.99. The molecule has 0 bridgehead atoms. The summed E-state index contributed by atoms with van der Waals surface area (Å²) >= 11 is 0. The second-order valence-electron chi connectivity index (χ2n) is 6.23. The molecule has 5 heteroatoms. The van der Waals surface area contributed by atoms with E-state index in [1.807, 2.05) is 66.7 Å². The van der Waals surface area contributed by atoms with Crippen molar-refractivity contribution < 1.29 is 23.7 Å². The minimum Gasteiger partial charge on any atom is -0.472 e. The van der Waals surface area contributed by atoms with Crippen molar-refractivity contribution in [3.05, 3.63) is 84.1 Å². The van der Waals surface area contributed by atoms with Crippen molar-refractivity contribution >= 4 is 6.16 Å². The van der Waals surface area contributed by atoms with E-state index in [1.54, 1.807) is 13.2 Å². The van der Waals surface area contributed by atoms with E-state index >= 15 is 0 Å². The fraction of sp³-hybridized carbons (Fsp3) is 0.286. The van der Waals surface area contributed by atoms with Gasteiger partial charge in [0.05, 0.1) is 18.8 Å². The Hall–Kier alpha value is -2.79. The first-order valence-electron chi connectivity index (χ1n) is 8.69. The lowest BCUT2D eigenvalue weighted by Gasteiger charge is -2.53. The van der Waals surface area contributed by atoms with Crippen LogP contribution in [0.3, 0.4) is 0 Å². The summed E-state index contributed by atoms with van der Waals surface area (Å²) in [5, 5.41) is 0. The molecule has 0 spiro atoms. The van der Waals surface area contributed by atoms with E-state index in [0.29, 0.717) is 0 Å². The summed E-state index contributed by atoms with van der Waals surface area (Å²) < 4.78 is 22.5. The Morgan fingerprint density at radius 1 is 1.12 bits per heavy atom. The first kappa shape index (κ1) is 16.7. The Labute approximate surface area is 152 Å². The summed E-state index contributed by atoms with van der Waals surface area (Å²) in [5.41, 5.74) is 0.894. The fourth-order valence-corrected chi connectivity index (χ4v) is 3.65. The lowest BCUT2D eigenvalue weighted by Crippen LogP contribution is -2.59. The molecule has 2 unspecified atom stereocenters. The van der Waals surface area contributed by atoms with Gasteiger partial charge in [0.1, 0.15) is 0 Å². The van der Waals surface area contributed by atoms with Crippen LogP contribution in [0.4, 0.5) is 4.79 Å². The van der Waals surface area contributed by atoms with Gasteiger partial charge >= 0.3 is 6.16 Å². The molecule has 2 aliphatic heterocycles. The highest BCUT2D eigenvalue weighted by molar-refractivity contribution is 5.61. The van der Waals surface area contributed by atoms with E-state index in [-0.39, 0.29) is 18.8 Å². The van der Waals surface area contributed by atoms with Crippen LogP contribution >= 0.6 is 0 Å². The quantitative estimate of drug-likeness (QED) is 0.751. The molecule has 0 radical (unpaired) electrons. The average Bonchev–Trinajstić information content (AvgIpc) is 3.05. The van der Waals surface area contributed by atoms with Crippen LogP contribution in [0.5, 0.6) is 0 Å². The van der Waals surface area contributed by atoms with Crippen LogP contribution in [0.2, 0.25) is 0 Å². The molecule has 26 heavy (non-hydrogen) atoms. The SMILES string of the molecule is CCOC(=O)OC(c1ccccc1)C1(c2ccccc2)O[C@H]2OC=C[C@H]21. The molecule has 4 atom stereocenters. The number of hydrogen-bond acceptors (Lipinski definition) is 5. The van der Waals surface area contributed by atoms with Crippen LogP contribution in [0, 0.1) is 5.92 Å². The number of benzene rings is 2. The van der Waals surface area contributed by atoms with Crippen molar-refractivity contribution in [1.29, 1.82) is 0 Å². The zero-order valence-electron chi connectivity index (χ0n) is 14.4. The zero-order valence-corrected chi connectivity index (χ0v) is 14.4. The standard InChI is InChI=1S/C21H20O5/c1-2-23-20(22)25-18(15-9-5-3-6-10-15)21(16-11-7-4-8-12-16)17-13-14-24-19(17)26-21/h3-14,17-19H,2H2,1H3/t17-,18?,19-,21?/m1/s1. The summed E-state index contributed by atoms with van der Waals surface area (Å²) in [6, 6.07) is 19.4. The molecule has 0 amide bonds. The lowest BCUT2D eigenvalue weighted by molar-refractivity contribution is -0.351. The maximum atomic E-state index is 12.2. The largest absolute Gasteiger partial charge is 0.508 e. The molecule has 0 N–H and O–H groups in total. The van der Waals surface area contributed by atoms with Crippen LogP contribution in [0.1, 0.15) is 24.2 Å². The second-order valence-corrected chi connectivity index (χ2v) is 6.23. The van der Waals surface area contributed by atoms with Crippen molar-refractivity contribution in [1.82, 2.24) is 0 Å². The van der Waals surface area contributed by atoms with Gasteiger partial charge < -0.3 is 18.9 Å². The highest BCUT2D eigenvalue weighted by Crippen LogP contribution is 2.58. The van der Waals surface area contributed by atoms with E-state index in [2.05, 4.69) is 0 Å². The van der Waals surface area contributed by atoms with Gasteiger partial charge in [-0.2, -0.15) is 0 Å². The third kappa shape index (κ3) is 2.65. The molecule has 4 rings (SSSR count). The zero-order chi connectivity index (χ0) is 18.0. The predicted octanol–water partition coefficient (Wildman–Crippen LogP) is 4.31.